The predicted octanol–water partition coefficient (Wildman–Crippen LogP) is -1.09. The summed E-state index contributed by atoms with van der Waals surface area (Å²) in [5.74, 6) is 0. The molecule has 0 aliphatic carbocycles. The van der Waals surface area contributed by atoms with Crippen LogP contribution in [0.2, 0.25) is 0 Å². The Morgan fingerprint density at radius 3 is 2.92 bits per heavy atom. The summed E-state index contributed by atoms with van der Waals surface area (Å²) >= 11 is 0. The molecule has 0 spiro atoms. The maximum Gasteiger partial charge on any atom is 0.0971 e. The number of aliphatic hydroxyl groups is 1. The Labute approximate surface area is 71.6 Å². The topological polar surface area (TPSA) is 60.0 Å². The molecule has 2 atom stereocenters. The fraction of sp³-hybridized carbons (Fsp3) is 1.00. The lowest BCUT2D eigenvalue weighted by Crippen LogP contribution is -2.39. The minimum Gasteiger partial charge on any atom is -0.389 e. The summed E-state index contributed by atoms with van der Waals surface area (Å²) in [5, 5.41) is 9.25. The fourth-order valence-electron chi connectivity index (χ4n) is 0.947. The van der Waals surface area contributed by atoms with Crippen LogP contribution in [0.4, 0.5) is 0 Å². The SMILES string of the molecule is COCCONC1COCC1O. The molecule has 1 fully saturated rings. The van der Waals surface area contributed by atoms with Crippen molar-refractivity contribution in [2.45, 2.75) is 12.1 Å². The number of ether oxygens (including phenoxy) is 2. The van der Waals surface area contributed by atoms with Crippen LogP contribution in [0.25, 0.3) is 0 Å². The van der Waals surface area contributed by atoms with Crippen molar-refractivity contribution in [3.05, 3.63) is 0 Å². The maximum atomic E-state index is 9.25. The molecule has 2 unspecified atom stereocenters. The number of hydroxylamine groups is 1. The number of rotatable bonds is 5. The van der Waals surface area contributed by atoms with Crippen LogP contribution in [0.5, 0.6) is 0 Å². The number of aliphatic hydroxyl groups excluding tert-OH is 1. The molecule has 0 bridgehead atoms. The first-order valence-electron chi connectivity index (χ1n) is 3.96. The predicted molar refractivity (Wildman–Crippen MR) is 41.6 cm³/mol. The summed E-state index contributed by atoms with van der Waals surface area (Å²) in [6, 6.07) is -0.109. The zero-order valence-corrected chi connectivity index (χ0v) is 7.16. The second-order valence-corrected chi connectivity index (χ2v) is 2.67. The molecule has 1 aliphatic heterocycles. The van der Waals surface area contributed by atoms with E-state index in [2.05, 4.69) is 5.48 Å². The molecule has 2 N–H and O–H groups in total. The zero-order valence-electron chi connectivity index (χ0n) is 7.16. The van der Waals surface area contributed by atoms with Crippen molar-refractivity contribution < 1.29 is 19.4 Å². The Morgan fingerprint density at radius 1 is 1.50 bits per heavy atom. The molecule has 0 amide bonds. The standard InChI is InChI=1S/C7H15NO4/c1-10-2-3-12-8-6-4-11-5-7(6)9/h6-9H,2-5H2,1H3. The molecule has 1 heterocycles. The van der Waals surface area contributed by atoms with E-state index in [4.69, 9.17) is 14.3 Å². The van der Waals surface area contributed by atoms with Gasteiger partial charge in [0.05, 0.1) is 38.6 Å². The first kappa shape index (κ1) is 9.88. The van der Waals surface area contributed by atoms with E-state index in [1.54, 1.807) is 7.11 Å². The van der Waals surface area contributed by atoms with Gasteiger partial charge in [-0.2, -0.15) is 5.48 Å². The number of methoxy groups -OCH3 is 1. The van der Waals surface area contributed by atoms with Crippen LogP contribution in [0.1, 0.15) is 0 Å². The molecule has 0 aromatic carbocycles. The Balaban J connectivity index is 1.98. The van der Waals surface area contributed by atoms with Crippen LogP contribution in [-0.4, -0.2) is 50.8 Å². The van der Waals surface area contributed by atoms with Crippen LogP contribution in [0.3, 0.4) is 0 Å². The largest absolute Gasteiger partial charge is 0.389 e. The highest BCUT2D eigenvalue weighted by Crippen LogP contribution is 2.04. The molecular weight excluding hydrogens is 162 g/mol. The summed E-state index contributed by atoms with van der Waals surface area (Å²) < 4.78 is 9.78. The third-order valence-corrected chi connectivity index (χ3v) is 1.67. The van der Waals surface area contributed by atoms with E-state index in [-0.39, 0.29) is 6.04 Å². The van der Waals surface area contributed by atoms with E-state index in [0.717, 1.165) is 0 Å². The average Bonchev–Trinajstić information content (AvgIpc) is 2.46. The molecule has 1 saturated heterocycles. The van der Waals surface area contributed by atoms with Gasteiger partial charge in [-0.1, -0.05) is 0 Å². The van der Waals surface area contributed by atoms with Crippen molar-refractivity contribution in [1.82, 2.24) is 5.48 Å². The van der Waals surface area contributed by atoms with E-state index < -0.39 is 6.10 Å². The first-order valence-corrected chi connectivity index (χ1v) is 3.96. The number of hydrogen-bond acceptors (Lipinski definition) is 5. The lowest BCUT2D eigenvalue weighted by molar-refractivity contribution is -0.0290. The Morgan fingerprint density at radius 2 is 2.33 bits per heavy atom. The van der Waals surface area contributed by atoms with E-state index >= 15 is 0 Å². The van der Waals surface area contributed by atoms with Crippen molar-refractivity contribution in [2.24, 2.45) is 0 Å². The first-order chi connectivity index (χ1) is 5.84. The van der Waals surface area contributed by atoms with Crippen molar-refractivity contribution in [2.75, 3.05) is 33.5 Å². The van der Waals surface area contributed by atoms with E-state index in [0.29, 0.717) is 26.4 Å². The number of hydrogen-bond donors (Lipinski definition) is 2. The van der Waals surface area contributed by atoms with Gasteiger partial charge in [-0.3, -0.25) is 4.84 Å². The minimum atomic E-state index is -0.465. The second kappa shape index (κ2) is 5.45. The molecule has 1 rings (SSSR count). The van der Waals surface area contributed by atoms with E-state index in [1.165, 1.54) is 0 Å². The fourth-order valence-corrected chi connectivity index (χ4v) is 0.947. The third kappa shape index (κ3) is 3.04. The molecular formula is C7H15NO4. The van der Waals surface area contributed by atoms with Gasteiger partial charge >= 0.3 is 0 Å². The maximum absolute atomic E-state index is 9.25. The molecule has 5 heteroatoms. The quantitative estimate of drug-likeness (QED) is 0.413. The van der Waals surface area contributed by atoms with Gasteiger partial charge in [0, 0.05) is 7.11 Å². The number of nitrogens with one attached hydrogen (secondary N) is 1. The van der Waals surface area contributed by atoms with Crippen LogP contribution < -0.4 is 5.48 Å². The van der Waals surface area contributed by atoms with Gasteiger partial charge in [-0.05, 0) is 0 Å². The van der Waals surface area contributed by atoms with Crippen molar-refractivity contribution in [1.29, 1.82) is 0 Å². The Hall–Kier alpha value is -0.200. The third-order valence-electron chi connectivity index (χ3n) is 1.67. The lowest BCUT2D eigenvalue weighted by atomic mass is 10.2. The van der Waals surface area contributed by atoms with Crippen molar-refractivity contribution in [3.63, 3.8) is 0 Å². The summed E-state index contributed by atoms with van der Waals surface area (Å²) in [6.07, 6.45) is -0.465. The van der Waals surface area contributed by atoms with Crippen LogP contribution in [0.15, 0.2) is 0 Å². The highest BCUT2D eigenvalue weighted by atomic mass is 16.7. The van der Waals surface area contributed by atoms with Gasteiger partial charge in [0.15, 0.2) is 0 Å². The van der Waals surface area contributed by atoms with Crippen LogP contribution >= 0.6 is 0 Å². The Bertz CT molecular complexity index is 122. The normalized spacial score (nSPS) is 29.5. The molecule has 0 radical (unpaired) electrons. The highest BCUT2D eigenvalue weighted by molar-refractivity contribution is 4.77. The van der Waals surface area contributed by atoms with Gasteiger partial charge in [0.25, 0.3) is 0 Å². The summed E-state index contributed by atoms with van der Waals surface area (Å²) in [6.45, 7) is 1.88. The average molecular weight is 177 g/mol. The smallest absolute Gasteiger partial charge is 0.0971 e. The van der Waals surface area contributed by atoms with Gasteiger partial charge in [0.1, 0.15) is 0 Å². The second-order valence-electron chi connectivity index (χ2n) is 2.67. The van der Waals surface area contributed by atoms with E-state index in [9.17, 15) is 5.11 Å². The van der Waals surface area contributed by atoms with Crippen molar-refractivity contribution in [3.8, 4) is 0 Å². The monoisotopic (exact) mass is 177 g/mol. The summed E-state index contributed by atoms with van der Waals surface area (Å²) in [4.78, 5) is 5.01. The van der Waals surface area contributed by atoms with Gasteiger partial charge < -0.3 is 14.6 Å². The lowest BCUT2D eigenvalue weighted by Gasteiger charge is -2.13. The highest BCUT2D eigenvalue weighted by Gasteiger charge is 2.25. The van der Waals surface area contributed by atoms with Gasteiger partial charge in [-0.15, -0.1) is 0 Å². The van der Waals surface area contributed by atoms with Crippen molar-refractivity contribution >= 4 is 0 Å². The molecule has 0 saturated carbocycles. The molecule has 72 valence electrons. The molecule has 1 aliphatic rings. The summed E-state index contributed by atoms with van der Waals surface area (Å²) in [7, 11) is 1.61. The molecule has 12 heavy (non-hydrogen) atoms. The molecule has 5 nitrogen and oxygen atoms in total. The van der Waals surface area contributed by atoms with Gasteiger partial charge in [0.2, 0.25) is 0 Å². The van der Waals surface area contributed by atoms with Crippen LogP contribution in [0, 0.1) is 0 Å². The van der Waals surface area contributed by atoms with Crippen LogP contribution in [-0.2, 0) is 14.3 Å². The minimum absolute atomic E-state index is 0.109. The summed E-state index contributed by atoms with van der Waals surface area (Å²) in [5.41, 5.74) is 2.71. The van der Waals surface area contributed by atoms with E-state index in [1.807, 2.05) is 0 Å². The molecule has 0 aromatic heterocycles. The zero-order chi connectivity index (χ0) is 8.81. The molecule has 0 aromatic rings. The Kier molecular flexibility index (Phi) is 4.49. The van der Waals surface area contributed by atoms with Gasteiger partial charge in [-0.25, -0.2) is 0 Å².